The van der Waals surface area contributed by atoms with E-state index in [9.17, 15) is 19.5 Å². The third-order valence-electron chi connectivity index (χ3n) is 9.76. The average Bonchev–Trinajstić information content (AvgIpc) is 3.48. The van der Waals surface area contributed by atoms with Crippen molar-refractivity contribution in [2.45, 2.75) is 82.6 Å². The van der Waals surface area contributed by atoms with Crippen LogP contribution < -0.4 is 19.6 Å². The van der Waals surface area contributed by atoms with Gasteiger partial charge in [0.15, 0.2) is 6.23 Å². The van der Waals surface area contributed by atoms with Gasteiger partial charge in [-0.1, -0.05) is 37.3 Å². The van der Waals surface area contributed by atoms with Gasteiger partial charge in [0.1, 0.15) is 17.6 Å². The average molecular weight is 625 g/mol. The lowest BCUT2D eigenvalue weighted by Crippen LogP contribution is -2.56. The first-order valence-corrected chi connectivity index (χ1v) is 18.4. The number of aliphatic hydroxyl groups is 1. The molecule has 11 heteroatoms. The van der Waals surface area contributed by atoms with Crippen LogP contribution in [0.1, 0.15) is 51.2 Å². The topological polar surface area (TPSA) is 115 Å². The summed E-state index contributed by atoms with van der Waals surface area (Å²) in [5.41, 5.74) is 1.31. The van der Waals surface area contributed by atoms with E-state index in [0.717, 1.165) is 24.2 Å². The van der Waals surface area contributed by atoms with Crippen LogP contribution in [0.4, 0.5) is 5.69 Å². The van der Waals surface area contributed by atoms with E-state index >= 15 is 0 Å². The fourth-order valence-electron chi connectivity index (χ4n) is 7.17. The minimum Gasteiger partial charge on any atom is -0.497 e. The molecule has 2 saturated heterocycles. The smallest absolute Gasteiger partial charge is 0.304 e. The largest absolute Gasteiger partial charge is 0.497 e. The number of hydrogen-bond acceptors (Lipinski definition) is 8. The lowest BCUT2D eigenvalue weighted by molar-refractivity contribution is -0.153. The van der Waals surface area contributed by atoms with Crippen molar-refractivity contribution in [1.29, 1.82) is 0 Å². The van der Waals surface area contributed by atoms with Crippen LogP contribution in [-0.4, -0.2) is 81.6 Å². The van der Waals surface area contributed by atoms with Crippen LogP contribution in [0.5, 0.6) is 11.5 Å². The summed E-state index contributed by atoms with van der Waals surface area (Å²) in [5.74, 6) is 0.767. The minimum atomic E-state index is -2.39. The van der Waals surface area contributed by atoms with Crippen LogP contribution in [0.3, 0.4) is 0 Å². The Morgan fingerprint density at radius 2 is 1.86 bits per heavy atom. The normalized spacial score (nSPS) is 25.5. The first-order chi connectivity index (χ1) is 21.0. The molecule has 2 unspecified atom stereocenters. The Labute approximate surface area is 260 Å². The molecule has 1 N–H and O–H groups in total. The van der Waals surface area contributed by atoms with E-state index < -0.39 is 20.3 Å². The molecule has 6 atom stereocenters. The quantitative estimate of drug-likeness (QED) is 0.242. The van der Waals surface area contributed by atoms with E-state index in [0.29, 0.717) is 24.4 Å². The zero-order chi connectivity index (χ0) is 31.8. The molecule has 0 aliphatic carbocycles. The van der Waals surface area contributed by atoms with Crippen LogP contribution in [0.2, 0.25) is 18.6 Å². The van der Waals surface area contributed by atoms with Crippen molar-refractivity contribution in [3.63, 3.8) is 0 Å². The number of likely N-dealkylation sites (tertiary alicyclic amines) is 1. The molecule has 2 fully saturated rings. The lowest BCUT2D eigenvalue weighted by Gasteiger charge is -2.46. The Morgan fingerprint density at radius 1 is 1.14 bits per heavy atom. The first kappa shape index (κ1) is 32.0. The van der Waals surface area contributed by atoms with Crippen LogP contribution in [0.15, 0.2) is 42.5 Å². The number of esters is 1. The van der Waals surface area contributed by atoms with Crippen LogP contribution in [0, 0.1) is 5.92 Å². The second kappa shape index (κ2) is 12.9. The lowest BCUT2D eigenvalue weighted by atomic mass is 9.86. The maximum absolute atomic E-state index is 13.9. The number of rotatable bonds is 10. The number of amides is 2. The maximum atomic E-state index is 13.9. The van der Waals surface area contributed by atoms with Gasteiger partial charge in [0.2, 0.25) is 11.8 Å². The van der Waals surface area contributed by atoms with Crippen molar-refractivity contribution >= 4 is 36.7 Å². The van der Waals surface area contributed by atoms with E-state index in [1.807, 2.05) is 29.2 Å². The highest BCUT2D eigenvalue weighted by atomic mass is 28.3. The number of hydrogen-bond donors (Lipinski definition) is 1. The number of anilines is 1. The molecule has 0 saturated carbocycles. The highest BCUT2D eigenvalue weighted by molar-refractivity contribution is 6.91. The summed E-state index contributed by atoms with van der Waals surface area (Å²) in [5, 5.41) is 11.1. The summed E-state index contributed by atoms with van der Waals surface area (Å²) in [6.07, 6.45) is 0.816. The van der Waals surface area contributed by atoms with Crippen LogP contribution in [0.25, 0.3) is 0 Å². The molecule has 5 rings (SSSR count). The number of methoxy groups -OCH3 is 2. The fourth-order valence-corrected chi connectivity index (χ4v) is 10.5. The molecule has 3 aliphatic heterocycles. The molecular formula is C33H44N2O8Si. The molecule has 10 nitrogen and oxygen atoms in total. The molecule has 0 bridgehead atoms. The van der Waals surface area contributed by atoms with Crippen molar-refractivity contribution in [1.82, 2.24) is 4.90 Å². The Morgan fingerprint density at radius 3 is 2.48 bits per heavy atom. The van der Waals surface area contributed by atoms with Crippen molar-refractivity contribution in [2.24, 2.45) is 5.92 Å². The van der Waals surface area contributed by atoms with Gasteiger partial charge >= 0.3 is 5.97 Å². The monoisotopic (exact) mass is 624 g/mol. The van der Waals surface area contributed by atoms with E-state index in [-0.39, 0.29) is 54.6 Å². The molecule has 238 valence electrons. The van der Waals surface area contributed by atoms with Gasteiger partial charge in [-0.3, -0.25) is 19.3 Å². The Kier molecular flexibility index (Phi) is 9.38. The standard InChI is InChI=1S/C33H44N2O8Si/c1-20-32(41-4)26-16-22(35-30(39)18-31(35)42-21(2)37)9-14-27(26)43-33(20)28(17-29(38)34-15-7-8-23(34)19-36)44(5,6)25-12-10-24(40-3)11-13-25/h9-14,16,20,23,28,31-33,36H,7-8,15,17-19H2,1-6H3/t20-,23+,28?,31?,32-,33-/m1/s1. The number of fused-ring (bicyclic) bond motifs is 1. The SMILES string of the molecule is COc1ccc([Si](C)(C)C(CC(=O)N2CCC[C@H]2CO)[C@@H]2Oc3ccc(N4C(=O)CC4OC(C)=O)cc3[C@H](OC)[C@H]2C)cc1. The molecule has 0 aromatic heterocycles. The summed E-state index contributed by atoms with van der Waals surface area (Å²) in [4.78, 5) is 41.3. The highest BCUT2D eigenvalue weighted by Crippen LogP contribution is 2.48. The second-order valence-electron chi connectivity index (χ2n) is 12.7. The van der Waals surface area contributed by atoms with Gasteiger partial charge in [0.25, 0.3) is 0 Å². The summed E-state index contributed by atoms with van der Waals surface area (Å²) in [7, 11) is 0.920. The summed E-state index contributed by atoms with van der Waals surface area (Å²) < 4.78 is 23.7. The van der Waals surface area contributed by atoms with E-state index in [4.69, 9.17) is 18.9 Å². The third-order valence-corrected chi connectivity index (χ3v) is 14.0. The maximum Gasteiger partial charge on any atom is 0.304 e. The molecule has 3 heterocycles. The predicted molar refractivity (Wildman–Crippen MR) is 168 cm³/mol. The van der Waals surface area contributed by atoms with E-state index in [1.54, 1.807) is 20.3 Å². The number of aliphatic hydroxyl groups excluding tert-OH is 1. The van der Waals surface area contributed by atoms with E-state index in [1.165, 1.54) is 17.0 Å². The van der Waals surface area contributed by atoms with E-state index in [2.05, 4.69) is 32.2 Å². The van der Waals surface area contributed by atoms with Crippen molar-refractivity contribution in [2.75, 3.05) is 32.3 Å². The number of carbonyl (C=O) groups is 3. The number of nitrogens with zero attached hydrogens (tertiary/aromatic N) is 2. The summed E-state index contributed by atoms with van der Waals surface area (Å²) in [6, 6.07) is 13.5. The van der Waals surface area contributed by atoms with Gasteiger partial charge < -0.3 is 29.0 Å². The van der Waals surface area contributed by atoms with Gasteiger partial charge in [-0.15, -0.1) is 0 Å². The van der Waals surface area contributed by atoms with Gasteiger partial charge in [-0.2, -0.15) is 0 Å². The second-order valence-corrected chi connectivity index (χ2v) is 17.4. The van der Waals surface area contributed by atoms with Gasteiger partial charge in [0, 0.05) is 49.7 Å². The molecule has 0 radical (unpaired) electrons. The molecule has 2 aromatic rings. The molecule has 3 aliphatic rings. The number of benzene rings is 2. The first-order valence-electron chi connectivity index (χ1n) is 15.4. The Hall–Kier alpha value is -3.41. The van der Waals surface area contributed by atoms with Gasteiger partial charge in [0.05, 0.1) is 40.4 Å². The summed E-state index contributed by atoms with van der Waals surface area (Å²) in [6.45, 7) is 8.59. The van der Waals surface area contributed by atoms with Gasteiger partial charge in [-0.25, -0.2) is 0 Å². The Balaban J connectivity index is 1.50. The molecule has 0 spiro atoms. The minimum absolute atomic E-state index is 0.0364. The molecule has 2 aromatic carbocycles. The number of carbonyl (C=O) groups excluding carboxylic acids is 3. The fraction of sp³-hybridized carbons (Fsp3) is 0.545. The van der Waals surface area contributed by atoms with Crippen LogP contribution >= 0.6 is 0 Å². The zero-order valence-corrected chi connectivity index (χ0v) is 27.4. The highest BCUT2D eigenvalue weighted by Gasteiger charge is 2.49. The van der Waals surface area contributed by atoms with Crippen molar-refractivity contribution in [3.8, 4) is 11.5 Å². The number of ether oxygens (including phenoxy) is 4. The molecule has 44 heavy (non-hydrogen) atoms. The van der Waals surface area contributed by atoms with Crippen molar-refractivity contribution in [3.05, 3.63) is 48.0 Å². The van der Waals surface area contributed by atoms with Gasteiger partial charge in [-0.05, 0) is 43.2 Å². The third kappa shape index (κ3) is 5.97. The van der Waals surface area contributed by atoms with Crippen LogP contribution in [-0.2, 0) is 23.9 Å². The molecule has 2 amide bonds. The Bertz CT molecular complexity index is 1380. The van der Waals surface area contributed by atoms with Crippen molar-refractivity contribution < 1.29 is 38.4 Å². The predicted octanol–water partition coefficient (Wildman–Crippen LogP) is 3.76. The zero-order valence-electron chi connectivity index (χ0n) is 26.4. The number of β-lactam (4-membered cyclic amide) rings is 1. The molecular weight excluding hydrogens is 580 g/mol. The summed E-state index contributed by atoms with van der Waals surface area (Å²) >= 11 is 0.